The van der Waals surface area contributed by atoms with Crippen LogP contribution < -0.4 is 4.74 Å². The maximum atomic E-state index is 13.6. The molecule has 0 radical (unpaired) electrons. The minimum atomic E-state index is -0.636. The van der Waals surface area contributed by atoms with Crippen LogP contribution in [0.2, 0.25) is 0 Å². The highest BCUT2D eigenvalue weighted by atomic mass is 19.1. The van der Waals surface area contributed by atoms with Crippen LogP contribution in [-0.4, -0.2) is 19.7 Å². The fraction of sp³-hybridized carbons (Fsp3) is 0.214. The summed E-state index contributed by atoms with van der Waals surface area (Å²) in [7, 11) is 1.31. The average Bonchev–Trinajstić information content (AvgIpc) is 2.37. The lowest BCUT2D eigenvalue weighted by Gasteiger charge is -2.12. The molecule has 4 heteroatoms. The number of halogens is 1. The molecule has 0 aliphatic carbocycles. The van der Waals surface area contributed by atoms with Crippen molar-refractivity contribution in [1.29, 1.82) is 0 Å². The molecule has 3 nitrogen and oxygen atoms in total. The zero-order valence-corrected chi connectivity index (χ0v) is 10.2. The SMILES string of the molecule is C=CCOC(=O)c1c(CC=C)ccc(F)c1OC. The number of allylic oxidation sites excluding steroid dienone is 1. The fourth-order valence-corrected chi connectivity index (χ4v) is 1.55. The van der Waals surface area contributed by atoms with Crippen LogP contribution in [0.4, 0.5) is 4.39 Å². The van der Waals surface area contributed by atoms with Crippen LogP contribution >= 0.6 is 0 Å². The largest absolute Gasteiger partial charge is 0.493 e. The van der Waals surface area contributed by atoms with Crippen LogP contribution in [0.3, 0.4) is 0 Å². The Morgan fingerprint density at radius 2 is 2.11 bits per heavy atom. The van der Waals surface area contributed by atoms with Gasteiger partial charge in [-0.05, 0) is 18.1 Å². The van der Waals surface area contributed by atoms with E-state index in [9.17, 15) is 9.18 Å². The summed E-state index contributed by atoms with van der Waals surface area (Å²) in [5.41, 5.74) is 0.705. The van der Waals surface area contributed by atoms with Crippen molar-refractivity contribution in [3.05, 3.63) is 54.4 Å². The van der Waals surface area contributed by atoms with Crippen molar-refractivity contribution in [2.24, 2.45) is 0 Å². The molecular weight excluding hydrogens is 235 g/mol. The monoisotopic (exact) mass is 250 g/mol. The first-order valence-electron chi connectivity index (χ1n) is 5.40. The Bertz CT molecular complexity index is 466. The fourth-order valence-electron chi connectivity index (χ4n) is 1.55. The second-order valence-electron chi connectivity index (χ2n) is 3.49. The number of carbonyl (C=O) groups excluding carboxylic acids is 1. The standard InChI is InChI=1S/C14H15FO3/c1-4-6-10-7-8-11(15)13(17-3)12(10)14(16)18-9-5-2/h4-5,7-8H,1-2,6,9H2,3H3. The number of carbonyl (C=O) groups is 1. The molecule has 18 heavy (non-hydrogen) atoms. The Kier molecular flexibility index (Phi) is 5.11. The van der Waals surface area contributed by atoms with Crippen LogP contribution in [-0.2, 0) is 11.2 Å². The molecule has 0 saturated heterocycles. The van der Waals surface area contributed by atoms with E-state index < -0.39 is 11.8 Å². The van der Waals surface area contributed by atoms with Gasteiger partial charge >= 0.3 is 5.97 Å². The number of esters is 1. The third kappa shape index (κ3) is 2.97. The quantitative estimate of drug-likeness (QED) is 0.575. The molecule has 0 heterocycles. The van der Waals surface area contributed by atoms with E-state index in [4.69, 9.17) is 9.47 Å². The number of benzene rings is 1. The second kappa shape index (κ2) is 6.59. The predicted octanol–water partition coefficient (Wildman–Crippen LogP) is 2.91. The van der Waals surface area contributed by atoms with Crippen molar-refractivity contribution in [2.75, 3.05) is 13.7 Å². The first kappa shape index (κ1) is 14.0. The molecule has 0 aliphatic rings. The summed E-state index contributed by atoms with van der Waals surface area (Å²) in [6.45, 7) is 7.10. The third-order valence-electron chi connectivity index (χ3n) is 2.30. The molecule has 0 N–H and O–H groups in total. The van der Waals surface area contributed by atoms with Crippen molar-refractivity contribution in [2.45, 2.75) is 6.42 Å². The molecule has 1 aromatic carbocycles. The second-order valence-corrected chi connectivity index (χ2v) is 3.49. The van der Waals surface area contributed by atoms with Crippen LogP contribution in [0.5, 0.6) is 5.75 Å². The molecule has 0 aromatic heterocycles. The Hall–Kier alpha value is -2.10. The van der Waals surface area contributed by atoms with E-state index >= 15 is 0 Å². The molecule has 0 spiro atoms. The lowest BCUT2D eigenvalue weighted by Crippen LogP contribution is -2.11. The Morgan fingerprint density at radius 3 is 2.67 bits per heavy atom. The van der Waals surface area contributed by atoms with E-state index in [1.807, 2.05) is 0 Å². The van der Waals surface area contributed by atoms with E-state index in [1.54, 1.807) is 6.08 Å². The van der Waals surface area contributed by atoms with Gasteiger partial charge in [-0.25, -0.2) is 9.18 Å². The molecule has 1 rings (SSSR count). The van der Waals surface area contributed by atoms with Crippen molar-refractivity contribution in [3.8, 4) is 5.75 Å². The Labute approximate surface area is 106 Å². The number of ether oxygens (including phenoxy) is 2. The number of hydrogen-bond acceptors (Lipinski definition) is 3. The van der Waals surface area contributed by atoms with Gasteiger partial charge in [0, 0.05) is 0 Å². The van der Waals surface area contributed by atoms with Gasteiger partial charge in [-0.3, -0.25) is 0 Å². The Balaban J connectivity index is 3.25. The zero-order chi connectivity index (χ0) is 13.5. The first-order valence-corrected chi connectivity index (χ1v) is 5.40. The average molecular weight is 250 g/mol. The van der Waals surface area contributed by atoms with Crippen LogP contribution in [0.15, 0.2) is 37.4 Å². The summed E-state index contributed by atoms with van der Waals surface area (Å²) in [6.07, 6.45) is 3.49. The zero-order valence-electron chi connectivity index (χ0n) is 10.2. The summed E-state index contributed by atoms with van der Waals surface area (Å²) >= 11 is 0. The normalized spacial score (nSPS) is 9.67. The highest BCUT2D eigenvalue weighted by molar-refractivity contribution is 5.94. The number of rotatable bonds is 6. The summed E-state index contributed by atoms with van der Waals surface area (Å²) in [4.78, 5) is 11.9. The first-order chi connectivity index (χ1) is 8.65. The van der Waals surface area contributed by atoms with E-state index in [-0.39, 0.29) is 17.9 Å². The minimum Gasteiger partial charge on any atom is -0.493 e. The van der Waals surface area contributed by atoms with E-state index in [2.05, 4.69) is 13.2 Å². The highest BCUT2D eigenvalue weighted by Crippen LogP contribution is 2.27. The van der Waals surface area contributed by atoms with Gasteiger partial charge in [-0.15, -0.1) is 6.58 Å². The summed E-state index contributed by atoms with van der Waals surface area (Å²) in [5.74, 6) is -1.35. The predicted molar refractivity (Wildman–Crippen MR) is 67.3 cm³/mol. The van der Waals surface area contributed by atoms with Crippen LogP contribution in [0.1, 0.15) is 15.9 Å². The maximum Gasteiger partial charge on any atom is 0.342 e. The summed E-state index contributed by atoms with van der Waals surface area (Å²) in [6, 6.07) is 2.77. The highest BCUT2D eigenvalue weighted by Gasteiger charge is 2.21. The molecule has 0 unspecified atom stereocenters. The van der Waals surface area contributed by atoms with E-state index in [0.29, 0.717) is 12.0 Å². The van der Waals surface area contributed by atoms with Crippen molar-refractivity contribution >= 4 is 5.97 Å². The number of methoxy groups -OCH3 is 1. The Morgan fingerprint density at radius 1 is 1.39 bits per heavy atom. The smallest absolute Gasteiger partial charge is 0.342 e. The van der Waals surface area contributed by atoms with E-state index in [0.717, 1.165) is 0 Å². The summed E-state index contributed by atoms with van der Waals surface area (Å²) in [5, 5.41) is 0. The molecule has 0 fully saturated rings. The van der Waals surface area contributed by atoms with Gasteiger partial charge in [0.25, 0.3) is 0 Å². The van der Waals surface area contributed by atoms with E-state index in [1.165, 1.54) is 25.3 Å². The molecular formula is C14H15FO3. The molecule has 0 saturated carbocycles. The van der Waals surface area contributed by atoms with Crippen molar-refractivity contribution in [3.63, 3.8) is 0 Å². The van der Waals surface area contributed by atoms with Gasteiger partial charge in [-0.2, -0.15) is 0 Å². The molecule has 0 amide bonds. The lowest BCUT2D eigenvalue weighted by molar-refractivity contribution is 0.0544. The summed E-state index contributed by atoms with van der Waals surface area (Å²) < 4.78 is 23.4. The van der Waals surface area contributed by atoms with Gasteiger partial charge in [0.05, 0.1) is 7.11 Å². The van der Waals surface area contributed by atoms with Crippen LogP contribution in [0, 0.1) is 5.82 Å². The maximum absolute atomic E-state index is 13.6. The molecule has 0 bridgehead atoms. The van der Waals surface area contributed by atoms with Gasteiger partial charge in [0.1, 0.15) is 12.2 Å². The minimum absolute atomic E-state index is 0.0615. The van der Waals surface area contributed by atoms with Gasteiger partial charge in [0.2, 0.25) is 0 Å². The van der Waals surface area contributed by atoms with Crippen molar-refractivity contribution in [1.82, 2.24) is 0 Å². The third-order valence-corrected chi connectivity index (χ3v) is 2.30. The molecule has 0 atom stereocenters. The lowest BCUT2D eigenvalue weighted by atomic mass is 10.0. The van der Waals surface area contributed by atoms with Crippen molar-refractivity contribution < 1.29 is 18.7 Å². The van der Waals surface area contributed by atoms with Gasteiger partial charge in [0.15, 0.2) is 11.6 Å². The number of hydrogen-bond donors (Lipinski definition) is 0. The topological polar surface area (TPSA) is 35.5 Å². The molecule has 1 aromatic rings. The molecule has 0 aliphatic heterocycles. The van der Waals surface area contributed by atoms with Gasteiger partial charge in [-0.1, -0.05) is 24.8 Å². The van der Waals surface area contributed by atoms with Crippen LogP contribution in [0.25, 0.3) is 0 Å². The van der Waals surface area contributed by atoms with Gasteiger partial charge < -0.3 is 9.47 Å². The molecule has 96 valence electrons.